The Morgan fingerprint density at radius 2 is 2.00 bits per heavy atom. The summed E-state index contributed by atoms with van der Waals surface area (Å²) in [5.41, 5.74) is 1.34. The lowest BCUT2D eigenvalue weighted by Crippen LogP contribution is -2.82. The molecule has 0 spiro atoms. The van der Waals surface area contributed by atoms with Crippen LogP contribution in [0.4, 0.5) is 0 Å². The van der Waals surface area contributed by atoms with E-state index in [1.807, 2.05) is 23.5 Å². The number of hydrogen-bond acceptors (Lipinski definition) is 2. The fourth-order valence-electron chi connectivity index (χ4n) is 1.77. The van der Waals surface area contributed by atoms with Crippen molar-refractivity contribution in [2.24, 2.45) is 0 Å². The van der Waals surface area contributed by atoms with E-state index in [2.05, 4.69) is 41.9 Å². The smallest absolute Gasteiger partial charge is 0.118 e. The Hall–Kier alpha value is -1.32. The van der Waals surface area contributed by atoms with Crippen LogP contribution in [0, 0.1) is 0 Å². The van der Waals surface area contributed by atoms with Gasteiger partial charge in [-0.15, -0.1) is 11.3 Å². The Morgan fingerprint density at radius 1 is 1.24 bits per heavy atom. The van der Waals surface area contributed by atoms with E-state index >= 15 is 0 Å². The second kappa shape index (κ2) is 5.84. The molecule has 0 amide bonds. The minimum absolute atomic E-state index is 0.475. The van der Waals surface area contributed by atoms with Gasteiger partial charge in [-0.1, -0.05) is 6.07 Å². The molecule has 0 saturated carbocycles. The predicted octanol–water partition coefficient (Wildman–Crippen LogP) is 2.58. The second-order valence-electron chi connectivity index (χ2n) is 4.08. The van der Waals surface area contributed by atoms with Crippen LogP contribution in [0.5, 0.6) is 5.75 Å². The van der Waals surface area contributed by atoms with Gasteiger partial charge in [0, 0.05) is 5.56 Å². The minimum Gasteiger partial charge on any atom is -0.497 e. The summed E-state index contributed by atoms with van der Waals surface area (Å²) < 4.78 is 5.16. The molecule has 0 fully saturated rings. The Balaban J connectivity index is 1.92. The van der Waals surface area contributed by atoms with Crippen molar-refractivity contribution in [1.82, 2.24) is 0 Å². The number of ether oxygens (including phenoxy) is 1. The number of nitrogens with two attached hydrogens (primary N) is 1. The Bertz CT molecular complexity index is 436. The maximum Gasteiger partial charge on any atom is 0.118 e. The molecule has 2 aromatic rings. The van der Waals surface area contributed by atoms with E-state index in [0.29, 0.717) is 6.04 Å². The van der Waals surface area contributed by atoms with Crippen molar-refractivity contribution in [3.05, 3.63) is 52.2 Å². The first-order valence-electron chi connectivity index (χ1n) is 5.79. The zero-order valence-corrected chi connectivity index (χ0v) is 11.0. The van der Waals surface area contributed by atoms with Gasteiger partial charge in [-0.05, 0) is 42.6 Å². The molecule has 0 bridgehead atoms. The van der Waals surface area contributed by atoms with Crippen molar-refractivity contribution in [3.8, 4) is 5.75 Å². The molecule has 0 unspecified atom stereocenters. The third-order valence-corrected chi connectivity index (χ3v) is 3.79. The monoisotopic (exact) mass is 248 g/mol. The average Bonchev–Trinajstić information content (AvgIpc) is 2.89. The minimum atomic E-state index is 0.475. The lowest BCUT2D eigenvalue weighted by atomic mass is 10.1. The molecule has 17 heavy (non-hydrogen) atoms. The molecule has 90 valence electrons. The number of rotatable bonds is 5. The third-order valence-electron chi connectivity index (χ3n) is 2.89. The van der Waals surface area contributed by atoms with Gasteiger partial charge in [-0.3, -0.25) is 0 Å². The quantitative estimate of drug-likeness (QED) is 0.864. The van der Waals surface area contributed by atoms with Gasteiger partial charge in [-0.25, -0.2) is 0 Å². The van der Waals surface area contributed by atoms with E-state index in [1.165, 1.54) is 10.4 Å². The van der Waals surface area contributed by atoms with Gasteiger partial charge in [-0.2, -0.15) is 0 Å². The van der Waals surface area contributed by atoms with Crippen molar-refractivity contribution in [1.29, 1.82) is 0 Å². The highest BCUT2D eigenvalue weighted by atomic mass is 32.1. The van der Waals surface area contributed by atoms with Crippen LogP contribution >= 0.6 is 11.3 Å². The normalized spacial score (nSPS) is 12.4. The predicted molar refractivity (Wildman–Crippen MR) is 71.4 cm³/mol. The maximum atomic E-state index is 5.16. The van der Waals surface area contributed by atoms with Crippen LogP contribution in [0.1, 0.15) is 23.4 Å². The van der Waals surface area contributed by atoms with Crippen molar-refractivity contribution in [3.63, 3.8) is 0 Å². The van der Waals surface area contributed by atoms with Crippen LogP contribution < -0.4 is 10.1 Å². The first-order chi connectivity index (χ1) is 8.29. The molecule has 1 atom stereocenters. The van der Waals surface area contributed by atoms with E-state index in [1.54, 1.807) is 7.11 Å². The number of quaternary nitrogens is 1. The lowest BCUT2D eigenvalue weighted by molar-refractivity contribution is -0.707. The van der Waals surface area contributed by atoms with E-state index in [0.717, 1.165) is 12.3 Å². The van der Waals surface area contributed by atoms with Crippen LogP contribution in [0.3, 0.4) is 0 Å². The van der Waals surface area contributed by atoms with Crippen LogP contribution in [-0.2, 0) is 6.54 Å². The zero-order chi connectivity index (χ0) is 12.1. The summed E-state index contributed by atoms with van der Waals surface area (Å²) in [4.78, 5) is 1.42. The van der Waals surface area contributed by atoms with Crippen LogP contribution in [0.2, 0.25) is 0 Å². The SMILES string of the molecule is COc1ccc([C@@H](C)[NH2+]Cc2cccs2)cc1. The summed E-state index contributed by atoms with van der Waals surface area (Å²) in [7, 11) is 1.70. The standard InChI is InChI=1S/C14H17NOS/c1-11(15-10-14-4-3-9-17-14)12-5-7-13(16-2)8-6-12/h3-9,11,15H,10H2,1-2H3/p+1/t11-/m1/s1. The van der Waals surface area contributed by atoms with Gasteiger partial charge in [0.1, 0.15) is 18.3 Å². The highest BCUT2D eigenvalue weighted by molar-refractivity contribution is 7.09. The number of benzene rings is 1. The topological polar surface area (TPSA) is 25.8 Å². The summed E-state index contributed by atoms with van der Waals surface area (Å²) in [5, 5.41) is 4.48. The van der Waals surface area contributed by atoms with Gasteiger partial charge in [0.2, 0.25) is 0 Å². The van der Waals surface area contributed by atoms with E-state index in [4.69, 9.17) is 4.74 Å². The highest BCUT2D eigenvalue weighted by Gasteiger charge is 2.08. The fourth-order valence-corrected chi connectivity index (χ4v) is 2.45. The average molecular weight is 248 g/mol. The van der Waals surface area contributed by atoms with Gasteiger partial charge in [0.15, 0.2) is 0 Å². The van der Waals surface area contributed by atoms with Crippen LogP contribution in [0.25, 0.3) is 0 Å². The summed E-state index contributed by atoms with van der Waals surface area (Å²) in [6.07, 6.45) is 0. The lowest BCUT2D eigenvalue weighted by Gasteiger charge is -2.10. The first kappa shape index (κ1) is 12.1. The van der Waals surface area contributed by atoms with Gasteiger partial charge < -0.3 is 10.1 Å². The summed E-state index contributed by atoms with van der Waals surface area (Å²) in [5.74, 6) is 0.916. The molecule has 2 rings (SSSR count). The molecule has 1 aromatic carbocycles. The summed E-state index contributed by atoms with van der Waals surface area (Å²) in [6.45, 7) is 3.28. The molecule has 0 radical (unpaired) electrons. The molecule has 0 saturated heterocycles. The van der Waals surface area contributed by atoms with Gasteiger partial charge in [0.05, 0.1) is 12.0 Å². The molecular formula is C14H18NOS+. The van der Waals surface area contributed by atoms with Crippen LogP contribution in [-0.4, -0.2) is 7.11 Å². The van der Waals surface area contributed by atoms with E-state index in [9.17, 15) is 0 Å². The van der Waals surface area contributed by atoms with Crippen molar-refractivity contribution in [2.75, 3.05) is 7.11 Å². The molecule has 3 heteroatoms. The summed E-state index contributed by atoms with van der Waals surface area (Å²) >= 11 is 1.81. The molecule has 2 N–H and O–H groups in total. The molecule has 1 aromatic heterocycles. The Morgan fingerprint density at radius 3 is 2.59 bits per heavy atom. The van der Waals surface area contributed by atoms with Gasteiger partial charge >= 0.3 is 0 Å². The first-order valence-corrected chi connectivity index (χ1v) is 6.67. The summed E-state index contributed by atoms with van der Waals surface area (Å²) in [6, 6.07) is 13.1. The molecule has 0 aliphatic heterocycles. The Kier molecular flexibility index (Phi) is 4.18. The second-order valence-corrected chi connectivity index (χ2v) is 5.11. The highest BCUT2D eigenvalue weighted by Crippen LogP contribution is 2.15. The molecule has 2 nitrogen and oxygen atoms in total. The maximum absolute atomic E-state index is 5.16. The molecule has 0 aliphatic carbocycles. The van der Waals surface area contributed by atoms with Crippen molar-refractivity contribution < 1.29 is 10.1 Å². The zero-order valence-electron chi connectivity index (χ0n) is 10.2. The van der Waals surface area contributed by atoms with Gasteiger partial charge in [0.25, 0.3) is 0 Å². The molecule has 0 aliphatic rings. The number of methoxy groups -OCH3 is 1. The number of hydrogen-bond donors (Lipinski definition) is 1. The fraction of sp³-hybridized carbons (Fsp3) is 0.286. The van der Waals surface area contributed by atoms with Crippen molar-refractivity contribution in [2.45, 2.75) is 19.5 Å². The van der Waals surface area contributed by atoms with Crippen LogP contribution in [0.15, 0.2) is 41.8 Å². The molecular weight excluding hydrogens is 230 g/mol. The van der Waals surface area contributed by atoms with E-state index in [-0.39, 0.29) is 0 Å². The van der Waals surface area contributed by atoms with Crippen molar-refractivity contribution >= 4 is 11.3 Å². The third kappa shape index (κ3) is 3.32. The molecule has 1 heterocycles. The largest absolute Gasteiger partial charge is 0.497 e. The Labute approximate surface area is 106 Å². The van der Waals surface area contributed by atoms with E-state index < -0.39 is 0 Å². The number of thiophene rings is 1.